The number of ether oxygens (including phenoxy) is 2. The van der Waals surface area contributed by atoms with Crippen LogP contribution < -0.4 is 14.8 Å². The van der Waals surface area contributed by atoms with Gasteiger partial charge in [0.25, 0.3) is 0 Å². The molecule has 2 aromatic rings. The van der Waals surface area contributed by atoms with E-state index in [0.717, 1.165) is 29.0 Å². The van der Waals surface area contributed by atoms with Crippen LogP contribution in [0.5, 0.6) is 11.5 Å². The van der Waals surface area contributed by atoms with E-state index >= 15 is 0 Å². The SMILES string of the molecule is CCC(NCc1cc(OC)c(OC)cc1C)c1noc(C)n1. The molecule has 0 amide bonds. The average molecular weight is 305 g/mol. The molecule has 1 N–H and O–H groups in total. The summed E-state index contributed by atoms with van der Waals surface area (Å²) < 4.78 is 15.7. The van der Waals surface area contributed by atoms with Crippen LogP contribution in [0.4, 0.5) is 0 Å². The van der Waals surface area contributed by atoms with Crippen LogP contribution in [0.1, 0.15) is 42.2 Å². The van der Waals surface area contributed by atoms with Gasteiger partial charge in [-0.15, -0.1) is 0 Å². The van der Waals surface area contributed by atoms with Crippen LogP contribution in [0.3, 0.4) is 0 Å². The number of nitrogens with zero attached hydrogens (tertiary/aromatic N) is 2. The van der Waals surface area contributed by atoms with E-state index in [4.69, 9.17) is 14.0 Å². The Morgan fingerprint density at radius 3 is 2.41 bits per heavy atom. The molecule has 1 unspecified atom stereocenters. The Labute approximate surface area is 130 Å². The molecule has 1 aromatic carbocycles. The van der Waals surface area contributed by atoms with E-state index in [1.165, 1.54) is 0 Å². The van der Waals surface area contributed by atoms with Gasteiger partial charge < -0.3 is 19.3 Å². The highest BCUT2D eigenvalue weighted by molar-refractivity contribution is 5.47. The molecule has 0 aliphatic heterocycles. The molecule has 0 radical (unpaired) electrons. The largest absolute Gasteiger partial charge is 0.493 e. The minimum atomic E-state index is 0.0601. The molecular formula is C16H23N3O3. The Morgan fingerprint density at radius 1 is 1.18 bits per heavy atom. The smallest absolute Gasteiger partial charge is 0.223 e. The topological polar surface area (TPSA) is 69.4 Å². The minimum Gasteiger partial charge on any atom is -0.493 e. The van der Waals surface area contributed by atoms with Crippen LogP contribution in [0.25, 0.3) is 0 Å². The van der Waals surface area contributed by atoms with Crippen molar-refractivity contribution in [1.82, 2.24) is 15.5 Å². The van der Waals surface area contributed by atoms with E-state index in [-0.39, 0.29) is 6.04 Å². The zero-order chi connectivity index (χ0) is 16.1. The first-order valence-corrected chi connectivity index (χ1v) is 7.34. The van der Waals surface area contributed by atoms with Gasteiger partial charge in [0.15, 0.2) is 17.3 Å². The Kier molecular flexibility index (Phi) is 5.38. The first kappa shape index (κ1) is 16.3. The molecule has 22 heavy (non-hydrogen) atoms. The van der Waals surface area contributed by atoms with Gasteiger partial charge in [-0.2, -0.15) is 4.98 Å². The third-order valence-electron chi connectivity index (χ3n) is 3.64. The lowest BCUT2D eigenvalue weighted by Crippen LogP contribution is -2.22. The number of methoxy groups -OCH3 is 2. The fourth-order valence-electron chi connectivity index (χ4n) is 2.32. The molecule has 2 rings (SSSR count). The summed E-state index contributed by atoms with van der Waals surface area (Å²) in [5.74, 6) is 2.74. The molecule has 0 spiro atoms. The maximum atomic E-state index is 5.36. The quantitative estimate of drug-likeness (QED) is 0.848. The second-order valence-corrected chi connectivity index (χ2v) is 5.15. The van der Waals surface area contributed by atoms with Crippen LogP contribution in [-0.2, 0) is 6.54 Å². The van der Waals surface area contributed by atoms with Gasteiger partial charge in [-0.1, -0.05) is 12.1 Å². The molecule has 0 aliphatic carbocycles. The Hall–Kier alpha value is -2.08. The lowest BCUT2D eigenvalue weighted by Gasteiger charge is -2.16. The van der Waals surface area contributed by atoms with Gasteiger partial charge in [0.05, 0.1) is 20.3 Å². The van der Waals surface area contributed by atoms with Gasteiger partial charge in [-0.25, -0.2) is 0 Å². The summed E-state index contributed by atoms with van der Waals surface area (Å²) in [6, 6.07) is 4.04. The summed E-state index contributed by atoms with van der Waals surface area (Å²) in [6.07, 6.45) is 0.880. The summed E-state index contributed by atoms with van der Waals surface area (Å²) in [5, 5.41) is 7.45. The number of rotatable bonds is 7. The van der Waals surface area contributed by atoms with Crippen LogP contribution >= 0.6 is 0 Å². The molecule has 0 aliphatic rings. The zero-order valence-electron chi connectivity index (χ0n) is 13.8. The highest BCUT2D eigenvalue weighted by Crippen LogP contribution is 2.30. The predicted octanol–water partition coefficient (Wildman–Crippen LogP) is 2.94. The number of benzene rings is 1. The molecule has 1 aromatic heterocycles. The summed E-state index contributed by atoms with van der Waals surface area (Å²) in [6.45, 7) is 6.63. The van der Waals surface area contributed by atoms with E-state index in [1.807, 2.05) is 12.1 Å². The number of hydrogen-bond donors (Lipinski definition) is 1. The highest BCUT2D eigenvalue weighted by Gasteiger charge is 2.16. The Balaban J connectivity index is 2.13. The summed E-state index contributed by atoms with van der Waals surface area (Å²) in [7, 11) is 3.28. The lowest BCUT2D eigenvalue weighted by atomic mass is 10.1. The maximum Gasteiger partial charge on any atom is 0.223 e. The van der Waals surface area contributed by atoms with Crippen LogP contribution in [0.2, 0.25) is 0 Å². The first-order chi connectivity index (χ1) is 10.6. The number of aromatic nitrogens is 2. The van der Waals surface area contributed by atoms with E-state index in [0.29, 0.717) is 18.3 Å². The minimum absolute atomic E-state index is 0.0601. The van der Waals surface area contributed by atoms with Crippen molar-refractivity contribution < 1.29 is 14.0 Å². The summed E-state index contributed by atoms with van der Waals surface area (Å²) >= 11 is 0. The number of nitrogens with one attached hydrogen (secondary N) is 1. The Bertz CT molecular complexity index is 625. The van der Waals surface area contributed by atoms with E-state index < -0.39 is 0 Å². The van der Waals surface area contributed by atoms with Gasteiger partial charge in [-0.3, -0.25) is 0 Å². The second kappa shape index (κ2) is 7.26. The van der Waals surface area contributed by atoms with Crippen LogP contribution in [0.15, 0.2) is 16.7 Å². The van der Waals surface area contributed by atoms with Crippen molar-refractivity contribution in [2.75, 3.05) is 14.2 Å². The molecule has 6 nitrogen and oxygen atoms in total. The van der Waals surface area contributed by atoms with Crippen molar-refractivity contribution in [3.8, 4) is 11.5 Å². The van der Waals surface area contributed by atoms with Gasteiger partial charge >= 0.3 is 0 Å². The molecule has 1 heterocycles. The summed E-state index contributed by atoms with van der Waals surface area (Å²) in [4.78, 5) is 4.29. The third kappa shape index (κ3) is 3.57. The summed E-state index contributed by atoms with van der Waals surface area (Å²) in [5.41, 5.74) is 2.29. The molecule has 1 atom stereocenters. The predicted molar refractivity (Wildman–Crippen MR) is 83.2 cm³/mol. The number of aryl methyl sites for hydroxylation is 2. The molecule has 120 valence electrons. The molecule has 0 saturated heterocycles. The van der Waals surface area contributed by atoms with E-state index in [1.54, 1.807) is 21.1 Å². The molecule has 0 bridgehead atoms. The molecule has 0 saturated carbocycles. The average Bonchev–Trinajstić information content (AvgIpc) is 2.95. The van der Waals surface area contributed by atoms with Crippen molar-refractivity contribution in [3.63, 3.8) is 0 Å². The number of hydrogen-bond acceptors (Lipinski definition) is 6. The third-order valence-corrected chi connectivity index (χ3v) is 3.64. The lowest BCUT2D eigenvalue weighted by molar-refractivity contribution is 0.353. The standard InChI is InChI=1S/C16H23N3O3/c1-6-13(16-18-11(3)22-19-16)17-9-12-8-15(21-5)14(20-4)7-10(12)2/h7-8,13,17H,6,9H2,1-5H3. The highest BCUT2D eigenvalue weighted by atomic mass is 16.5. The van der Waals surface area contributed by atoms with Crippen molar-refractivity contribution >= 4 is 0 Å². The molecule has 6 heteroatoms. The fraction of sp³-hybridized carbons (Fsp3) is 0.500. The van der Waals surface area contributed by atoms with Crippen molar-refractivity contribution in [2.45, 2.75) is 39.8 Å². The van der Waals surface area contributed by atoms with Gasteiger partial charge in [-0.05, 0) is 36.6 Å². The van der Waals surface area contributed by atoms with Crippen molar-refractivity contribution in [3.05, 3.63) is 35.0 Å². The van der Waals surface area contributed by atoms with Crippen LogP contribution in [-0.4, -0.2) is 24.4 Å². The first-order valence-electron chi connectivity index (χ1n) is 7.34. The Morgan fingerprint density at radius 2 is 1.86 bits per heavy atom. The zero-order valence-corrected chi connectivity index (χ0v) is 13.8. The van der Waals surface area contributed by atoms with E-state index in [2.05, 4.69) is 29.3 Å². The van der Waals surface area contributed by atoms with Gasteiger partial charge in [0, 0.05) is 13.5 Å². The molecule has 0 fully saturated rings. The van der Waals surface area contributed by atoms with E-state index in [9.17, 15) is 0 Å². The monoisotopic (exact) mass is 305 g/mol. The molecular weight excluding hydrogens is 282 g/mol. The van der Waals surface area contributed by atoms with Gasteiger partial charge in [0.1, 0.15) is 0 Å². The van der Waals surface area contributed by atoms with Crippen molar-refractivity contribution in [1.29, 1.82) is 0 Å². The maximum absolute atomic E-state index is 5.36. The van der Waals surface area contributed by atoms with Crippen LogP contribution in [0, 0.1) is 13.8 Å². The fourth-order valence-corrected chi connectivity index (χ4v) is 2.32. The second-order valence-electron chi connectivity index (χ2n) is 5.15. The van der Waals surface area contributed by atoms with Gasteiger partial charge in [0.2, 0.25) is 5.89 Å². The normalized spacial score (nSPS) is 12.2. The van der Waals surface area contributed by atoms with Crippen molar-refractivity contribution in [2.24, 2.45) is 0 Å².